The number of carbonyl (C=O) groups is 3. The topological polar surface area (TPSA) is 102 Å². The maximum atomic E-state index is 12.6. The smallest absolute Gasteiger partial charge is 0.407 e. The third kappa shape index (κ3) is 5.10. The van der Waals surface area contributed by atoms with Crippen molar-refractivity contribution in [3.63, 3.8) is 0 Å². The largest absolute Gasteiger partial charge is 0.481 e. The standard InChI is InChI=1S/C25H29NO6/c1-4-25(3,5-2)32-23(29)21(14-22(27)28)26-24(30)31-15-20-18-12-8-6-10-16(18)17-11-7-9-13-19(17)20/h6-13,20-21H,4-5,14-15H2,1-3H3,(H,26,30)(H,27,28)/t21-/m0/s1. The molecule has 2 aromatic carbocycles. The lowest BCUT2D eigenvalue weighted by Gasteiger charge is -2.29. The van der Waals surface area contributed by atoms with Crippen molar-refractivity contribution in [1.82, 2.24) is 5.32 Å². The van der Waals surface area contributed by atoms with Crippen molar-refractivity contribution >= 4 is 18.0 Å². The molecule has 0 heterocycles. The predicted octanol–water partition coefficient (Wildman–Crippen LogP) is 4.49. The van der Waals surface area contributed by atoms with Gasteiger partial charge in [0.15, 0.2) is 0 Å². The summed E-state index contributed by atoms with van der Waals surface area (Å²) in [5.74, 6) is -2.14. The van der Waals surface area contributed by atoms with Crippen LogP contribution in [0, 0.1) is 0 Å². The zero-order valence-electron chi connectivity index (χ0n) is 18.6. The highest BCUT2D eigenvalue weighted by atomic mass is 16.6. The first-order valence-corrected chi connectivity index (χ1v) is 10.8. The second-order valence-corrected chi connectivity index (χ2v) is 8.20. The molecule has 32 heavy (non-hydrogen) atoms. The molecule has 0 saturated carbocycles. The third-order valence-electron chi connectivity index (χ3n) is 6.14. The number of aliphatic carboxylic acids is 1. The average molecular weight is 440 g/mol. The van der Waals surface area contributed by atoms with Crippen LogP contribution in [0.15, 0.2) is 48.5 Å². The summed E-state index contributed by atoms with van der Waals surface area (Å²) in [5.41, 5.74) is 3.59. The number of fused-ring (bicyclic) bond motifs is 3. The molecule has 0 unspecified atom stereocenters. The Labute approximate surface area is 187 Å². The summed E-state index contributed by atoms with van der Waals surface area (Å²) in [4.78, 5) is 36.3. The molecule has 3 rings (SSSR count). The fourth-order valence-electron chi connectivity index (χ4n) is 3.86. The van der Waals surface area contributed by atoms with Crippen LogP contribution in [0.1, 0.15) is 57.1 Å². The van der Waals surface area contributed by atoms with Gasteiger partial charge in [0, 0.05) is 5.92 Å². The van der Waals surface area contributed by atoms with Crippen LogP contribution < -0.4 is 5.32 Å². The van der Waals surface area contributed by atoms with Gasteiger partial charge in [-0.3, -0.25) is 4.79 Å². The summed E-state index contributed by atoms with van der Waals surface area (Å²) in [7, 11) is 0. The van der Waals surface area contributed by atoms with Crippen LogP contribution in [0.3, 0.4) is 0 Å². The Kier molecular flexibility index (Phi) is 7.18. The highest BCUT2D eigenvalue weighted by Crippen LogP contribution is 2.44. The van der Waals surface area contributed by atoms with Gasteiger partial charge in [-0.25, -0.2) is 9.59 Å². The van der Waals surface area contributed by atoms with Crippen LogP contribution in [0.4, 0.5) is 4.79 Å². The highest BCUT2D eigenvalue weighted by Gasteiger charge is 2.33. The lowest BCUT2D eigenvalue weighted by molar-refractivity contribution is -0.163. The van der Waals surface area contributed by atoms with Crippen molar-refractivity contribution in [3.8, 4) is 11.1 Å². The van der Waals surface area contributed by atoms with E-state index < -0.39 is 36.1 Å². The molecule has 7 nitrogen and oxygen atoms in total. The van der Waals surface area contributed by atoms with Crippen LogP contribution in [0.2, 0.25) is 0 Å². The number of hydrogen-bond acceptors (Lipinski definition) is 5. The second kappa shape index (κ2) is 9.85. The van der Waals surface area contributed by atoms with Gasteiger partial charge in [0.1, 0.15) is 18.2 Å². The quantitative estimate of drug-likeness (QED) is 0.558. The third-order valence-corrected chi connectivity index (χ3v) is 6.14. The van der Waals surface area contributed by atoms with E-state index in [1.54, 1.807) is 6.92 Å². The normalized spacial score (nSPS) is 13.6. The van der Waals surface area contributed by atoms with Gasteiger partial charge in [-0.15, -0.1) is 0 Å². The van der Waals surface area contributed by atoms with Gasteiger partial charge in [0.2, 0.25) is 0 Å². The number of nitrogens with one attached hydrogen (secondary N) is 1. The summed E-state index contributed by atoms with van der Waals surface area (Å²) < 4.78 is 10.9. The predicted molar refractivity (Wildman–Crippen MR) is 119 cm³/mol. The fraction of sp³-hybridized carbons (Fsp3) is 0.400. The first kappa shape index (κ1) is 23.3. The molecular formula is C25H29NO6. The summed E-state index contributed by atoms with van der Waals surface area (Å²) in [6.45, 7) is 5.59. The van der Waals surface area contributed by atoms with Crippen LogP contribution in [0.25, 0.3) is 11.1 Å². The maximum Gasteiger partial charge on any atom is 0.407 e. The first-order valence-electron chi connectivity index (χ1n) is 10.8. The van der Waals surface area contributed by atoms with Gasteiger partial charge < -0.3 is 19.9 Å². The number of carboxylic acid groups (broad SMARTS) is 1. The molecule has 0 aromatic heterocycles. The Hall–Kier alpha value is -3.35. The number of rotatable bonds is 9. The van der Waals surface area contributed by atoms with Crippen LogP contribution >= 0.6 is 0 Å². The molecule has 1 amide bonds. The van der Waals surface area contributed by atoms with E-state index in [1.807, 2.05) is 62.4 Å². The van der Waals surface area contributed by atoms with Gasteiger partial charge in [-0.2, -0.15) is 0 Å². The number of alkyl carbamates (subject to hydrolysis) is 1. The number of amides is 1. The Morgan fingerprint density at radius 1 is 1.00 bits per heavy atom. The van der Waals surface area contributed by atoms with Gasteiger partial charge in [0.05, 0.1) is 6.42 Å². The Morgan fingerprint density at radius 3 is 2.03 bits per heavy atom. The number of carbonyl (C=O) groups excluding carboxylic acids is 2. The van der Waals surface area contributed by atoms with Crippen molar-refractivity contribution in [3.05, 3.63) is 59.7 Å². The minimum Gasteiger partial charge on any atom is -0.481 e. The van der Waals surface area contributed by atoms with Crippen LogP contribution in [0.5, 0.6) is 0 Å². The number of hydrogen-bond donors (Lipinski definition) is 2. The molecule has 0 fully saturated rings. The zero-order chi connectivity index (χ0) is 23.3. The Balaban J connectivity index is 1.68. The fourth-order valence-corrected chi connectivity index (χ4v) is 3.86. The summed E-state index contributed by atoms with van der Waals surface area (Å²) in [6, 6.07) is 14.6. The highest BCUT2D eigenvalue weighted by molar-refractivity contribution is 5.86. The van der Waals surface area contributed by atoms with E-state index in [9.17, 15) is 19.5 Å². The lowest BCUT2D eigenvalue weighted by Crippen LogP contribution is -2.46. The molecule has 1 aliphatic rings. The van der Waals surface area contributed by atoms with E-state index in [1.165, 1.54) is 0 Å². The molecule has 0 spiro atoms. The summed E-state index contributed by atoms with van der Waals surface area (Å²) >= 11 is 0. The van der Waals surface area contributed by atoms with E-state index in [0.29, 0.717) is 12.8 Å². The first-order chi connectivity index (χ1) is 15.3. The van der Waals surface area contributed by atoms with Crippen LogP contribution in [-0.4, -0.2) is 41.4 Å². The number of benzene rings is 2. The number of esters is 1. The van der Waals surface area contributed by atoms with Crippen molar-refractivity contribution in [2.75, 3.05) is 6.61 Å². The van der Waals surface area contributed by atoms with E-state index in [-0.39, 0.29) is 12.5 Å². The molecule has 0 saturated heterocycles. The van der Waals surface area contributed by atoms with Crippen molar-refractivity contribution in [1.29, 1.82) is 0 Å². The molecule has 0 aliphatic heterocycles. The van der Waals surface area contributed by atoms with Crippen LogP contribution in [-0.2, 0) is 19.1 Å². The average Bonchev–Trinajstić information content (AvgIpc) is 3.10. The second-order valence-electron chi connectivity index (χ2n) is 8.20. The molecule has 2 aromatic rings. The summed E-state index contributed by atoms with van der Waals surface area (Å²) in [5, 5.41) is 11.6. The summed E-state index contributed by atoms with van der Waals surface area (Å²) in [6.07, 6.45) is -0.309. The minimum absolute atomic E-state index is 0.0658. The van der Waals surface area contributed by atoms with Gasteiger partial charge in [0.25, 0.3) is 0 Å². The van der Waals surface area contributed by atoms with E-state index in [0.717, 1.165) is 22.3 Å². The number of ether oxygens (including phenoxy) is 2. The lowest BCUT2D eigenvalue weighted by atomic mass is 9.98. The molecular weight excluding hydrogens is 410 g/mol. The SMILES string of the molecule is CCC(C)(CC)OC(=O)[C@H](CC(=O)O)NC(=O)OCC1c2ccccc2-c2ccccc21. The molecule has 1 aliphatic carbocycles. The van der Waals surface area contributed by atoms with Gasteiger partial charge >= 0.3 is 18.0 Å². The molecule has 7 heteroatoms. The molecule has 2 N–H and O–H groups in total. The van der Waals surface area contributed by atoms with Crippen molar-refractivity contribution in [2.45, 2.75) is 57.6 Å². The maximum absolute atomic E-state index is 12.6. The van der Waals surface area contributed by atoms with Gasteiger partial charge in [-0.05, 0) is 42.0 Å². The molecule has 170 valence electrons. The molecule has 0 radical (unpaired) electrons. The van der Waals surface area contributed by atoms with Gasteiger partial charge in [-0.1, -0.05) is 62.4 Å². The number of carboxylic acids is 1. The zero-order valence-corrected chi connectivity index (χ0v) is 18.6. The molecule has 1 atom stereocenters. The minimum atomic E-state index is -1.33. The van der Waals surface area contributed by atoms with E-state index in [4.69, 9.17) is 9.47 Å². The Morgan fingerprint density at radius 2 is 1.53 bits per heavy atom. The van der Waals surface area contributed by atoms with Crippen molar-refractivity contribution in [2.24, 2.45) is 0 Å². The Bertz CT molecular complexity index is 952. The molecule has 0 bridgehead atoms. The van der Waals surface area contributed by atoms with Crippen molar-refractivity contribution < 1.29 is 29.0 Å². The monoisotopic (exact) mass is 439 g/mol. The van der Waals surface area contributed by atoms with E-state index >= 15 is 0 Å². The van der Waals surface area contributed by atoms with E-state index in [2.05, 4.69) is 5.32 Å².